The van der Waals surface area contributed by atoms with Crippen LogP contribution in [-0.2, 0) is 11.3 Å². The molecule has 3 aromatic rings. The number of fused-ring (bicyclic) bond motifs is 3. The van der Waals surface area contributed by atoms with Gasteiger partial charge in [0.15, 0.2) is 0 Å². The fourth-order valence-corrected chi connectivity index (χ4v) is 3.85. The van der Waals surface area contributed by atoms with Gasteiger partial charge in [-0.1, -0.05) is 60.4 Å². The first-order valence-electron chi connectivity index (χ1n) is 10.1. The molecule has 0 saturated heterocycles. The van der Waals surface area contributed by atoms with Crippen LogP contribution in [-0.4, -0.2) is 24.4 Å². The second-order valence-electron chi connectivity index (χ2n) is 7.31. The highest BCUT2D eigenvalue weighted by Crippen LogP contribution is 2.44. The van der Waals surface area contributed by atoms with Gasteiger partial charge in [0, 0.05) is 24.4 Å². The molecule has 0 aromatic heterocycles. The molecule has 4 rings (SSSR count). The smallest absolute Gasteiger partial charge is 0.407 e. The van der Waals surface area contributed by atoms with Crippen molar-refractivity contribution in [3.8, 4) is 23.0 Å². The van der Waals surface area contributed by atoms with Gasteiger partial charge in [-0.2, -0.15) is 0 Å². The van der Waals surface area contributed by atoms with E-state index in [1.54, 1.807) is 6.07 Å². The van der Waals surface area contributed by atoms with Gasteiger partial charge in [0.25, 0.3) is 0 Å². The van der Waals surface area contributed by atoms with Gasteiger partial charge in [-0.3, -0.25) is 0 Å². The van der Waals surface area contributed by atoms with Crippen LogP contribution < -0.4 is 5.32 Å². The van der Waals surface area contributed by atoms with Crippen LogP contribution in [0.5, 0.6) is 0 Å². The van der Waals surface area contributed by atoms with E-state index in [0.29, 0.717) is 24.1 Å². The van der Waals surface area contributed by atoms with E-state index in [-0.39, 0.29) is 19.1 Å². The van der Waals surface area contributed by atoms with Crippen LogP contribution in [0, 0.1) is 17.7 Å². The van der Waals surface area contributed by atoms with Crippen LogP contribution in [0.1, 0.15) is 34.6 Å². The highest BCUT2D eigenvalue weighted by Gasteiger charge is 2.28. The lowest BCUT2D eigenvalue weighted by molar-refractivity contribution is 0.143. The standard InChI is InChI=1S/C26H22FNO3/c27-20-14-18(13-19(15-20)16-29)7-5-6-12-28-26(30)31-17-25-23-10-3-1-8-21(23)22-9-2-4-11-24(22)25/h1-4,8-11,13-15,25,29H,6,12,16-17H2,(H,28,30). The van der Waals surface area contributed by atoms with Crippen LogP contribution in [0.25, 0.3) is 11.1 Å². The summed E-state index contributed by atoms with van der Waals surface area (Å²) in [6, 6.07) is 20.6. The maximum Gasteiger partial charge on any atom is 0.407 e. The van der Waals surface area contributed by atoms with E-state index in [9.17, 15) is 9.18 Å². The number of nitrogens with one attached hydrogen (secondary N) is 1. The summed E-state index contributed by atoms with van der Waals surface area (Å²) in [5, 5.41) is 11.8. The number of halogens is 1. The van der Waals surface area contributed by atoms with Crippen molar-refractivity contribution in [2.75, 3.05) is 13.2 Å². The lowest BCUT2D eigenvalue weighted by Crippen LogP contribution is -2.26. The molecule has 0 spiro atoms. The van der Waals surface area contributed by atoms with Crippen molar-refractivity contribution in [3.63, 3.8) is 0 Å². The zero-order chi connectivity index (χ0) is 21.6. The first kappa shape index (κ1) is 20.6. The highest BCUT2D eigenvalue weighted by molar-refractivity contribution is 5.79. The maximum atomic E-state index is 13.4. The number of hydrogen-bond acceptors (Lipinski definition) is 3. The van der Waals surface area contributed by atoms with Crippen LogP contribution >= 0.6 is 0 Å². The molecular formula is C26H22FNO3. The number of rotatable bonds is 5. The monoisotopic (exact) mass is 415 g/mol. The average molecular weight is 415 g/mol. The Labute approximate surface area is 180 Å². The number of alkyl carbamates (subject to hydrolysis) is 1. The molecule has 0 atom stereocenters. The minimum atomic E-state index is -0.489. The zero-order valence-corrected chi connectivity index (χ0v) is 16.9. The van der Waals surface area contributed by atoms with E-state index in [2.05, 4.69) is 41.4 Å². The maximum absolute atomic E-state index is 13.4. The molecule has 31 heavy (non-hydrogen) atoms. The van der Waals surface area contributed by atoms with Gasteiger partial charge in [-0.05, 0) is 46.0 Å². The van der Waals surface area contributed by atoms with Gasteiger partial charge in [-0.25, -0.2) is 9.18 Å². The quantitative estimate of drug-likeness (QED) is 0.473. The van der Waals surface area contributed by atoms with Gasteiger partial charge in [0.05, 0.1) is 6.61 Å². The lowest BCUT2D eigenvalue weighted by Gasteiger charge is -2.14. The Hall–Kier alpha value is -3.62. The third-order valence-electron chi connectivity index (χ3n) is 5.24. The van der Waals surface area contributed by atoms with Crippen molar-refractivity contribution < 1.29 is 19.0 Å². The number of ether oxygens (including phenoxy) is 1. The van der Waals surface area contributed by atoms with Crippen molar-refractivity contribution in [1.29, 1.82) is 0 Å². The summed E-state index contributed by atoms with van der Waals surface area (Å²) in [7, 11) is 0. The molecule has 0 radical (unpaired) electrons. The summed E-state index contributed by atoms with van der Waals surface area (Å²) >= 11 is 0. The minimum absolute atomic E-state index is 0.0200. The zero-order valence-electron chi connectivity index (χ0n) is 16.9. The summed E-state index contributed by atoms with van der Waals surface area (Å²) in [5.74, 6) is 5.31. The summed E-state index contributed by atoms with van der Waals surface area (Å²) in [4.78, 5) is 12.1. The van der Waals surface area contributed by atoms with Gasteiger partial charge < -0.3 is 15.2 Å². The topological polar surface area (TPSA) is 58.6 Å². The fraction of sp³-hybridized carbons (Fsp3) is 0.192. The number of aliphatic hydroxyl groups excluding tert-OH is 1. The normalized spacial score (nSPS) is 11.8. The SMILES string of the molecule is O=C(NCCC#Cc1cc(F)cc(CO)c1)OCC1c2ccccc2-c2ccccc21. The molecule has 0 saturated carbocycles. The third kappa shape index (κ3) is 4.76. The van der Waals surface area contributed by atoms with E-state index in [0.717, 1.165) is 0 Å². The van der Waals surface area contributed by atoms with Crippen molar-refractivity contribution in [1.82, 2.24) is 5.32 Å². The van der Waals surface area contributed by atoms with E-state index in [4.69, 9.17) is 9.84 Å². The number of carbonyl (C=O) groups excluding carboxylic acids is 1. The van der Waals surface area contributed by atoms with Gasteiger partial charge in [0.1, 0.15) is 12.4 Å². The molecule has 5 heteroatoms. The second-order valence-corrected chi connectivity index (χ2v) is 7.31. The summed E-state index contributed by atoms with van der Waals surface area (Å²) in [6.07, 6.45) is -0.0909. The summed E-state index contributed by atoms with van der Waals surface area (Å²) in [6.45, 7) is 0.348. The molecule has 4 nitrogen and oxygen atoms in total. The molecule has 1 aliphatic carbocycles. The Morgan fingerprint density at radius 2 is 1.71 bits per heavy atom. The van der Waals surface area contributed by atoms with E-state index in [1.165, 1.54) is 34.4 Å². The van der Waals surface area contributed by atoms with E-state index in [1.807, 2.05) is 24.3 Å². The van der Waals surface area contributed by atoms with Crippen molar-refractivity contribution in [3.05, 3.63) is 94.8 Å². The Bertz CT molecular complexity index is 1120. The van der Waals surface area contributed by atoms with Gasteiger partial charge in [0.2, 0.25) is 0 Å². The second kappa shape index (κ2) is 9.46. The first-order valence-corrected chi connectivity index (χ1v) is 10.1. The predicted octanol–water partition coefficient (Wildman–Crippen LogP) is 4.60. The largest absolute Gasteiger partial charge is 0.449 e. The predicted molar refractivity (Wildman–Crippen MR) is 117 cm³/mol. The number of benzene rings is 3. The van der Waals surface area contributed by atoms with Crippen LogP contribution in [0.4, 0.5) is 9.18 Å². The van der Waals surface area contributed by atoms with Crippen LogP contribution in [0.15, 0.2) is 66.7 Å². The summed E-state index contributed by atoms with van der Waals surface area (Å²) in [5.41, 5.74) is 5.67. The van der Waals surface area contributed by atoms with Gasteiger partial charge >= 0.3 is 6.09 Å². The molecule has 0 heterocycles. The van der Waals surface area contributed by atoms with Crippen LogP contribution in [0.3, 0.4) is 0 Å². The summed E-state index contributed by atoms with van der Waals surface area (Å²) < 4.78 is 18.9. The molecule has 3 aromatic carbocycles. The molecule has 1 aliphatic rings. The first-order chi connectivity index (χ1) is 15.2. The van der Waals surface area contributed by atoms with Gasteiger partial charge in [-0.15, -0.1) is 0 Å². The Kier molecular flexibility index (Phi) is 6.30. The van der Waals surface area contributed by atoms with Crippen molar-refractivity contribution in [2.24, 2.45) is 0 Å². The highest BCUT2D eigenvalue weighted by atomic mass is 19.1. The Morgan fingerprint density at radius 3 is 2.39 bits per heavy atom. The van der Waals surface area contributed by atoms with E-state index < -0.39 is 11.9 Å². The molecule has 1 amide bonds. The molecule has 2 N–H and O–H groups in total. The molecule has 156 valence electrons. The number of amides is 1. The number of hydrogen-bond donors (Lipinski definition) is 2. The fourth-order valence-electron chi connectivity index (χ4n) is 3.85. The average Bonchev–Trinajstić information content (AvgIpc) is 3.11. The Morgan fingerprint density at radius 1 is 1.03 bits per heavy atom. The van der Waals surface area contributed by atoms with Crippen LogP contribution in [0.2, 0.25) is 0 Å². The van der Waals surface area contributed by atoms with Crippen molar-refractivity contribution in [2.45, 2.75) is 18.9 Å². The van der Waals surface area contributed by atoms with E-state index >= 15 is 0 Å². The molecule has 0 aliphatic heterocycles. The van der Waals surface area contributed by atoms with Crippen molar-refractivity contribution >= 4 is 6.09 Å². The number of aliphatic hydroxyl groups is 1. The third-order valence-corrected chi connectivity index (χ3v) is 5.24. The minimum Gasteiger partial charge on any atom is -0.449 e. The molecule has 0 bridgehead atoms. The number of carbonyl (C=O) groups is 1. The lowest BCUT2D eigenvalue weighted by atomic mass is 9.98. The molecular weight excluding hydrogens is 393 g/mol. The Balaban J connectivity index is 1.29. The molecule has 0 fully saturated rings. The molecule has 0 unspecified atom stereocenters.